The van der Waals surface area contributed by atoms with Gasteiger partial charge in [0.1, 0.15) is 35.6 Å². The maximum absolute atomic E-state index is 13.2. The second-order valence-electron chi connectivity index (χ2n) is 7.19. The molecule has 8 nitrogen and oxygen atoms in total. The summed E-state index contributed by atoms with van der Waals surface area (Å²) in [7, 11) is 0. The molecule has 0 aliphatic heterocycles. The lowest BCUT2D eigenvalue weighted by Gasteiger charge is -2.09. The number of rotatable bonds is 8. The van der Waals surface area contributed by atoms with E-state index in [1.165, 1.54) is 65.3 Å². The number of nitrogens with zero attached hydrogens (tertiary/aromatic N) is 2. The van der Waals surface area contributed by atoms with Crippen molar-refractivity contribution in [2.24, 2.45) is 0 Å². The highest BCUT2D eigenvalue weighted by molar-refractivity contribution is 5.94. The molecule has 0 bridgehead atoms. The molecule has 0 radical (unpaired) electrons. The summed E-state index contributed by atoms with van der Waals surface area (Å²) in [6.07, 6.45) is 0. The zero-order valence-electron chi connectivity index (χ0n) is 18.0. The highest BCUT2D eigenvalue weighted by atomic mass is 19.1. The van der Waals surface area contributed by atoms with Crippen LogP contribution in [0.25, 0.3) is 5.69 Å². The van der Waals surface area contributed by atoms with Crippen LogP contribution in [0.3, 0.4) is 0 Å². The fourth-order valence-corrected chi connectivity index (χ4v) is 3.00. The molecule has 0 spiro atoms. The summed E-state index contributed by atoms with van der Waals surface area (Å²) in [5.74, 6) is -1.17. The van der Waals surface area contributed by atoms with Gasteiger partial charge < -0.3 is 19.2 Å². The Kier molecular flexibility index (Phi) is 6.67. The molecule has 2 aromatic heterocycles. The number of furan rings is 1. The van der Waals surface area contributed by atoms with Crippen LogP contribution in [-0.4, -0.2) is 28.3 Å². The van der Waals surface area contributed by atoms with Crippen LogP contribution in [0.5, 0.6) is 5.75 Å². The van der Waals surface area contributed by atoms with Crippen LogP contribution in [0.15, 0.2) is 71.1 Å². The van der Waals surface area contributed by atoms with Gasteiger partial charge in [-0.15, -0.1) is 0 Å². The van der Waals surface area contributed by atoms with Crippen LogP contribution >= 0.6 is 0 Å². The van der Waals surface area contributed by atoms with Gasteiger partial charge in [-0.05, 0) is 67.6 Å². The van der Waals surface area contributed by atoms with Crippen molar-refractivity contribution in [3.8, 4) is 11.4 Å². The molecule has 0 aliphatic carbocycles. The fraction of sp³-hybridized carbons (Fsp3) is 0.125. The molecular weight excluding hydrogens is 448 g/mol. The molecule has 2 heterocycles. The second kappa shape index (κ2) is 9.99. The number of amides is 1. The fourth-order valence-electron chi connectivity index (χ4n) is 3.00. The van der Waals surface area contributed by atoms with E-state index in [0.717, 1.165) is 0 Å². The van der Waals surface area contributed by atoms with Crippen molar-refractivity contribution in [3.05, 3.63) is 95.6 Å². The van der Waals surface area contributed by atoms with E-state index in [9.17, 15) is 18.4 Å². The Morgan fingerprint density at radius 3 is 2.38 bits per heavy atom. The third-order valence-corrected chi connectivity index (χ3v) is 4.56. The molecule has 4 aromatic rings. The van der Waals surface area contributed by atoms with Crippen LogP contribution in [-0.2, 0) is 16.1 Å². The van der Waals surface area contributed by atoms with Crippen molar-refractivity contribution in [3.63, 3.8) is 0 Å². The van der Waals surface area contributed by atoms with E-state index in [0.29, 0.717) is 28.7 Å². The first-order valence-corrected chi connectivity index (χ1v) is 10.1. The molecule has 0 saturated heterocycles. The van der Waals surface area contributed by atoms with E-state index in [1.54, 1.807) is 13.0 Å². The minimum absolute atomic E-state index is 0.0200. The van der Waals surface area contributed by atoms with Crippen LogP contribution < -0.4 is 10.1 Å². The maximum atomic E-state index is 13.2. The highest BCUT2D eigenvalue weighted by Gasteiger charge is 2.17. The number of carbonyl (C=O) groups is 2. The Bertz CT molecular complexity index is 1300. The van der Waals surface area contributed by atoms with Crippen LogP contribution in [0.1, 0.15) is 22.0 Å². The van der Waals surface area contributed by atoms with E-state index in [-0.39, 0.29) is 18.2 Å². The average molecular weight is 467 g/mol. The zero-order chi connectivity index (χ0) is 24.1. The second-order valence-corrected chi connectivity index (χ2v) is 7.19. The van der Waals surface area contributed by atoms with Gasteiger partial charge >= 0.3 is 5.97 Å². The molecular formula is C24H19F2N3O5. The SMILES string of the molecule is Cc1cc(NC(=O)COC(=O)c2ccc(COc3ccc(F)cc3)o2)n(-c2ccc(F)cc2)n1. The summed E-state index contributed by atoms with van der Waals surface area (Å²) < 4.78 is 43.4. The van der Waals surface area contributed by atoms with E-state index in [1.807, 2.05) is 0 Å². The van der Waals surface area contributed by atoms with Gasteiger partial charge in [0.2, 0.25) is 5.76 Å². The van der Waals surface area contributed by atoms with Gasteiger partial charge in [-0.25, -0.2) is 18.3 Å². The number of hydrogen-bond donors (Lipinski definition) is 1. The van der Waals surface area contributed by atoms with Crippen molar-refractivity contribution in [1.29, 1.82) is 0 Å². The molecule has 0 unspecified atom stereocenters. The molecule has 0 fully saturated rings. The minimum atomic E-state index is -0.827. The lowest BCUT2D eigenvalue weighted by molar-refractivity contribution is -0.119. The summed E-state index contributed by atoms with van der Waals surface area (Å²) in [5.41, 5.74) is 1.18. The Morgan fingerprint density at radius 1 is 1.00 bits per heavy atom. The number of anilines is 1. The van der Waals surface area contributed by atoms with Gasteiger partial charge in [-0.3, -0.25) is 4.79 Å². The number of aromatic nitrogens is 2. The van der Waals surface area contributed by atoms with Gasteiger partial charge in [0, 0.05) is 6.07 Å². The number of nitrogens with one attached hydrogen (secondary N) is 1. The Hall–Kier alpha value is -4.47. The largest absolute Gasteiger partial charge is 0.486 e. The summed E-state index contributed by atoms with van der Waals surface area (Å²) >= 11 is 0. The van der Waals surface area contributed by atoms with Crippen molar-refractivity contribution in [2.75, 3.05) is 11.9 Å². The molecule has 2 aromatic carbocycles. The van der Waals surface area contributed by atoms with E-state index >= 15 is 0 Å². The van der Waals surface area contributed by atoms with E-state index in [2.05, 4.69) is 10.4 Å². The number of aryl methyl sites for hydroxylation is 1. The summed E-state index contributed by atoms with van der Waals surface area (Å²) in [6, 6.07) is 15.6. The Balaban J connectivity index is 1.30. The molecule has 0 aliphatic rings. The highest BCUT2D eigenvalue weighted by Crippen LogP contribution is 2.18. The standard InChI is InChI=1S/C24H19F2N3O5/c1-15-12-22(29(28-15)18-6-2-16(25)3-7-18)27-23(30)14-33-24(31)21-11-10-20(34-21)13-32-19-8-4-17(26)5-9-19/h2-12H,13-14H2,1H3,(H,27,30). The first-order valence-electron chi connectivity index (χ1n) is 10.1. The first-order chi connectivity index (χ1) is 16.4. The molecule has 34 heavy (non-hydrogen) atoms. The van der Waals surface area contributed by atoms with E-state index < -0.39 is 24.3 Å². The maximum Gasteiger partial charge on any atom is 0.374 e. The smallest absolute Gasteiger partial charge is 0.374 e. The van der Waals surface area contributed by atoms with Crippen LogP contribution in [0.2, 0.25) is 0 Å². The van der Waals surface area contributed by atoms with Gasteiger partial charge in [0.05, 0.1) is 11.4 Å². The van der Waals surface area contributed by atoms with Crippen LogP contribution in [0, 0.1) is 18.6 Å². The number of hydrogen-bond acceptors (Lipinski definition) is 6. The summed E-state index contributed by atoms with van der Waals surface area (Å²) in [5, 5.41) is 6.89. The van der Waals surface area contributed by atoms with Crippen molar-refractivity contribution in [2.45, 2.75) is 13.5 Å². The van der Waals surface area contributed by atoms with Gasteiger partial charge in [0.15, 0.2) is 6.61 Å². The average Bonchev–Trinajstić information content (AvgIpc) is 3.44. The normalized spacial score (nSPS) is 10.7. The quantitative estimate of drug-likeness (QED) is 0.385. The Morgan fingerprint density at radius 2 is 1.68 bits per heavy atom. The first kappa shape index (κ1) is 22.7. The lowest BCUT2D eigenvalue weighted by Crippen LogP contribution is -2.22. The van der Waals surface area contributed by atoms with Gasteiger partial charge in [0.25, 0.3) is 5.91 Å². The van der Waals surface area contributed by atoms with Crippen LogP contribution in [0.4, 0.5) is 14.6 Å². The molecule has 0 atom stereocenters. The monoisotopic (exact) mass is 467 g/mol. The van der Waals surface area contributed by atoms with Gasteiger partial charge in [-0.2, -0.15) is 5.10 Å². The predicted molar refractivity (Wildman–Crippen MR) is 117 cm³/mol. The predicted octanol–water partition coefficient (Wildman–Crippen LogP) is 4.43. The van der Waals surface area contributed by atoms with E-state index in [4.69, 9.17) is 13.9 Å². The molecule has 1 amide bonds. The molecule has 4 rings (SSSR count). The third kappa shape index (κ3) is 5.66. The van der Waals surface area contributed by atoms with Crippen molar-refractivity contribution >= 4 is 17.7 Å². The number of esters is 1. The number of benzene rings is 2. The van der Waals surface area contributed by atoms with Crippen molar-refractivity contribution < 1.29 is 32.3 Å². The minimum Gasteiger partial charge on any atom is -0.486 e. The third-order valence-electron chi connectivity index (χ3n) is 4.56. The number of carbonyl (C=O) groups excluding carboxylic acids is 2. The lowest BCUT2D eigenvalue weighted by atomic mass is 10.3. The molecule has 0 saturated carbocycles. The summed E-state index contributed by atoms with van der Waals surface area (Å²) in [6.45, 7) is 1.20. The Labute approximate surface area is 192 Å². The number of ether oxygens (including phenoxy) is 2. The van der Waals surface area contributed by atoms with Gasteiger partial charge in [-0.1, -0.05) is 0 Å². The molecule has 1 N–H and O–H groups in total. The number of halogens is 2. The zero-order valence-corrected chi connectivity index (χ0v) is 18.0. The summed E-state index contributed by atoms with van der Waals surface area (Å²) in [4.78, 5) is 24.5. The molecule has 10 heteroatoms. The molecule has 174 valence electrons. The topological polar surface area (TPSA) is 95.6 Å². The van der Waals surface area contributed by atoms with Crippen molar-refractivity contribution in [1.82, 2.24) is 9.78 Å².